The van der Waals surface area contributed by atoms with E-state index in [9.17, 15) is 14.4 Å². The number of aryl methyl sites for hydroxylation is 1. The minimum atomic E-state index is -0.510. The Labute approximate surface area is 172 Å². The Kier molecular flexibility index (Phi) is 9.09. The monoisotopic (exact) mass is 396 g/mol. The van der Waals surface area contributed by atoms with E-state index in [2.05, 4.69) is 4.74 Å². The Hall–Kier alpha value is -2.95. The zero-order valence-corrected chi connectivity index (χ0v) is 17.1. The molecule has 0 heterocycles. The van der Waals surface area contributed by atoms with Gasteiger partial charge in [-0.3, -0.25) is 14.4 Å². The molecule has 0 N–H and O–H groups in total. The summed E-state index contributed by atoms with van der Waals surface area (Å²) in [7, 11) is 1.38. The fraction of sp³-hybridized carbons (Fsp3) is 0.375. The standard InChI is InChI=1S/C24H28O5/c1-3-29-24(27)21(16-19-8-5-4-6-9-19)17-22(25)20-14-12-18(13-15-20)10-7-11-23(26)28-2/h4-6,8-9,12-15,21H,3,7,10-11,16-17H2,1-2H3. The molecule has 0 spiro atoms. The topological polar surface area (TPSA) is 69.7 Å². The predicted molar refractivity (Wildman–Crippen MR) is 111 cm³/mol. The molecule has 0 radical (unpaired) electrons. The van der Waals surface area contributed by atoms with Gasteiger partial charge in [0.05, 0.1) is 19.6 Å². The molecule has 0 saturated carbocycles. The van der Waals surface area contributed by atoms with Crippen molar-refractivity contribution in [3.8, 4) is 0 Å². The highest BCUT2D eigenvalue weighted by Crippen LogP contribution is 2.18. The van der Waals surface area contributed by atoms with Gasteiger partial charge in [0, 0.05) is 18.4 Å². The molecule has 2 rings (SSSR count). The SMILES string of the molecule is CCOC(=O)C(CC(=O)c1ccc(CCCC(=O)OC)cc1)Cc1ccccc1. The Morgan fingerprint density at radius 3 is 2.24 bits per heavy atom. The summed E-state index contributed by atoms with van der Waals surface area (Å²) in [6, 6.07) is 17.0. The number of carbonyl (C=O) groups is 3. The first-order chi connectivity index (χ1) is 14.0. The van der Waals surface area contributed by atoms with E-state index in [-0.39, 0.29) is 24.1 Å². The Balaban J connectivity index is 1.98. The zero-order chi connectivity index (χ0) is 21.1. The Morgan fingerprint density at radius 1 is 0.931 bits per heavy atom. The van der Waals surface area contributed by atoms with E-state index in [1.54, 1.807) is 19.1 Å². The van der Waals surface area contributed by atoms with Crippen LogP contribution in [0.25, 0.3) is 0 Å². The maximum absolute atomic E-state index is 12.7. The number of rotatable bonds is 11. The molecule has 2 aromatic rings. The number of esters is 2. The summed E-state index contributed by atoms with van der Waals surface area (Å²) in [4.78, 5) is 36.3. The van der Waals surface area contributed by atoms with Crippen LogP contribution in [0.4, 0.5) is 0 Å². The lowest BCUT2D eigenvalue weighted by Gasteiger charge is -2.15. The number of methoxy groups -OCH3 is 1. The molecule has 0 fully saturated rings. The van der Waals surface area contributed by atoms with E-state index in [4.69, 9.17) is 4.74 Å². The molecule has 0 aliphatic heterocycles. The van der Waals surface area contributed by atoms with Gasteiger partial charge >= 0.3 is 11.9 Å². The van der Waals surface area contributed by atoms with Crippen LogP contribution in [0.2, 0.25) is 0 Å². The summed E-state index contributed by atoms with van der Waals surface area (Å²) in [6.07, 6.45) is 2.38. The van der Waals surface area contributed by atoms with Crippen LogP contribution in [0.5, 0.6) is 0 Å². The minimum absolute atomic E-state index is 0.0832. The molecule has 1 unspecified atom stereocenters. The summed E-state index contributed by atoms with van der Waals surface area (Å²) in [5.74, 6) is -1.16. The normalized spacial score (nSPS) is 11.5. The van der Waals surface area contributed by atoms with Gasteiger partial charge < -0.3 is 9.47 Å². The summed E-state index contributed by atoms with van der Waals surface area (Å²) in [5, 5.41) is 0. The van der Waals surface area contributed by atoms with Crippen LogP contribution in [0.3, 0.4) is 0 Å². The fourth-order valence-corrected chi connectivity index (χ4v) is 3.14. The highest BCUT2D eigenvalue weighted by molar-refractivity contribution is 5.98. The van der Waals surface area contributed by atoms with Crippen molar-refractivity contribution in [3.63, 3.8) is 0 Å². The van der Waals surface area contributed by atoms with Crippen LogP contribution in [0.15, 0.2) is 54.6 Å². The van der Waals surface area contributed by atoms with E-state index in [0.717, 1.165) is 17.5 Å². The number of ketones is 1. The smallest absolute Gasteiger partial charge is 0.309 e. The molecule has 0 amide bonds. The zero-order valence-electron chi connectivity index (χ0n) is 17.1. The number of hydrogen-bond donors (Lipinski definition) is 0. The highest BCUT2D eigenvalue weighted by Gasteiger charge is 2.24. The number of ether oxygens (including phenoxy) is 2. The van der Waals surface area contributed by atoms with Gasteiger partial charge in [-0.1, -0.05) is 54.6 Å². The molecule has 0 saturated heterocycles. The van der Waals surface area contributed by atoms with Crippen LogP contribution in [0, 0.1) is 5.92 Å². The third kappa shape index (κ3) is 7.53. The van der Waals surface area contributed by atoms with E-state index in [1.807, 2.05) is 42.5 Å². The molecule has 0 aromatic heterocycles. The maximum Gasteiger partial charge on any atom is 0.309 e. The molecule has 1 atom stereocenters. The average Bonchev–Trinajstić information content (AvgIpc) is 2.74. The molecule has 2 aromatic carbocycles. The second kappa shape index (κ2) is 11.8. The molecule has 0 aliphatic rings. The van der Waals surface area contributed by atoms with Crippen LogP contribution in [0.1, 0.15) is 47.7 Å². The number of Topliss-reactive ketones (excluding diaryl/α,β-unsaturated/α-hetero) is 1. The first kappa shape index (κ1) is 22.3. The third-order valence-corrected chi connectivity index (χ3v) is 4.73. The molecule has 0 aliphatic carbocycles. The predicted octanol–water partition coefficient (Wildman–Crippen LogP) is 4.18. The highest BCUT2D eigenvalue weighted by atomic mass is 16.5. The number of carbonyl (C=O) groups excluding carboxylic acids is 3. The van der Waals surface area contributed by atoms with Crippen molar-refractivity contribution in [2.45, 2.75) is 39.0 Å². The Bertz CT molecular complexity index is 796. The van der Waals surface area contributed by atoms with E-state index >= 15 is 0 Å². The van der Waals surface area contributed by atoms with Crippen LogP contribution < -0.4 is 0 Å². The van der Waals surface area contributed by atoms with Crippen molar-refractivity contribution in [1.29, 1.82) is 0 Å². The number of benzene rings is 2. The third-order valence-electron chi connectivity index (χ3n) is 4.73. The van der Waals surface area contributed by atoms with Crippen molar-refractivity contribution < 1.29 is 23.9 Å². The van der Waals surface area contributed by atoms with E-state index in [0.29, 0.717) is 31.4 Å². The number of hydrogen-bond acceptors (Lipinski definition) is 5. The maximum atomic E-state index is 12.7. The molecule has 29 heavy (non-hydrogen) atoms. The average molecular weight is 396 g/mol. The van der Waals surface area contributed by atoms with Crippen LogP contribution >= 0.6 is 0 Å². The van der Waals surface area contributed by atoms with Gasteiger partial charge in [-0.25, -0.2) is 0 Å². The van der Waals surface area contributed by atoms with E-state index in [1.165, 1.54) is 7.11 Å². The van der Waals surface area contributed by atoms with Crippen LogP contribution in [-0.2, 0) is 31.9 Å². The summed E-state index contributed by atoms with van der Waals surface area (Å²) >= 11 is 0. The molecule has 5 nitrogen and oxygen atoms in total. The second-order valence-corrected chi connectivity index (χ2v) is 6.89. The van der Waals surface area contributed by atoms with Gasteiger partial charge in [0.1, 0.15) is 0 Å². The molecule has 0 bridgehead atoms. The lowest BCUT2D eigenvalue weighted by atomic mass is 9.91. The van der Waals surface area contributed by atoms with Gasteiger partial charge in [-0.15, -0.1) is 0 Å². The lowest BCUT2D eigenvalue weighted by molar-refractivity contribution is -0.148. The van der Waals surface area contributed by atoms with Gasteiger partial charge in [0.2, 0.25) is 0 Å². The van der Waals surface area contributed by atoms with Crippen molar-refractivity contribution in [2.24, 2.45) is 5.92 Å². The van der Waals surface area contributed by atoms with Crippen molar-refractivity contribution in [2.75, 3.05) is 13.7 Å². The first-order valence-electron chi connectivity index (χ1n) is 9.93. The summed E-state index contributed by atoms with van der Waals surface area (Å²) in [6.45, 7) is 2.05. The van der Waals surface area contributed by atoms with Crippen molar-refractivity contribution in [3.05, 3.63) is 71.3 Å². The summed E-state index contributed by atoms with van der Waals surface area (Å²) < 4.78 is 9.81. The molecule has 5 heteroatoms. The van der Waals surface area contributed by atoms with Gasteiger partial charge in [0.15, 0.2) is 5.78 Å². The molecular formula is C24H28O5. The van der Waals surface area contributed by atoms with Crippen LogP contribution in [-0.4, -0.2) is 31.4 Å². The fourth-order valence-electron chi connectivity index (χ4n) is 3.14. The molecular weight excluding hydrogens is 368 g/mol. The van der Waals surface area contributed by atoms with Crippen molar-refractivity contribution >= 4 is 17.7 Å². The summed E-state index contributed by atoms with van der Waals surface area (Å²) in [5.41, 5.74) is 2.63. The second-order valence-electron chi connectivity index (χ2n) is 6.89. The van der Waals surface area contributed by atoms with Gasteiger partial charge in [0.25, 0.3) is 0 Å². The quantitative estimate of drug-likeness (QED) is 0.421. The molecule has 154 valence electrons. The largest absolute Gasteiger partial charge is 0.469 e. The van der Waals surface area contributed by atoms with Crippen molar-refractivity contribution in [1.82, 2.24) is 0 Å². The van der Waals surface area contributed by atoms with E-state index < -0.39 is 5.92 Å². The van der Waals surface area contributed by atoms with Gasteiger partial charge in [-0.05, 0) is 37.3 Å². The Morgan fingerprint density at radius 2 is 1.62 bits per heavy atom. The first-order valence-corrected chi connectivity index (χ1v) is 9.93. The van der Waals surface area contributed by atoms with Gasteiger partial charge in [-0.2, -0.15) is 0 Å². The lowest BCUT2D eigenvalue weighted by Crippen LogP contribution is -2.23. The minimum Gasteiger partial charge on any atom is -0.469 e.